The lowest BCUT2D eigenvalue weighted by molar-refractivity contribution is -0.142. The third kappa shape index (κ3) is 4.04. The van der Waals surface area contributed by atoms with Crippen molar-refractivity contribution in [2.24, 2.45) is 0 Å². The molecule has 0 radical (unpaired) electrons. The second-order valence-corrected chi connectivity index (χ2v) is 7.89. The van der Waals surface area contributed by atoms with Crippen molar-refractivity contribution >= 4 is 11.6 Å². The Labute approximate surface area is 192 Å². The van der Waals surface area contributed by atoms with Crippen LogP contribution in [0, 0.1) is 6.92 Å². The van der Waals surface area contributed by atoms with Gasteiger partial charge in [-0.15, -0.1) is 0 Å². The van der Waals surface area contributed by atoms with Gasteiger partial charge in [0.2, 0.25) is 0 Å². The van der Waals surface area contributed by atoms with E-state index >= 15 is 0 Å². The smallest absolute Gasteiger partial charge is 0.408 e. The molecule has 9 nitrogen and oxygen atoms in total. The lowest BCUT2D eigenvalue weighted by Crippen LogP contribution is -2.41. The number of aryl methyl sites for hydroxylation is 1. The Hall–Kier alpha value is -3.67. The molecule has 12 heteroatoms. The normalized spacial score (nSPS) is 17.8. The summed E-state index contributed by atoms with van der Waals surface area (Å²) in [4.78, 5) is 23.0. The first-order valence-corrected chi connectivity index (χ1v) is 10.3. The third-order valence-electron chi connectivity index (χ3n) is 5.35. The zero-order valence-corrected chi connectivity index (χ0v) is 18.8. The van der Waals surface area contributed by atoms with Gasteiger partial charge in [0.1, 0.15) is 12.2 Å². The number of pyridine rings is 2. The number of fused-ring (bicyclic) bond motifs is 1. The Kier molecular flexibility index (Phi) is 5.72. The summed E-state index contributed by atoms with van der Waals surface area (Å²) in [5, 5.41) is 15.0. The number of anilines is 1. The Bertz CT molecular complexity index is 1260. The number of amides is 1. The van der Waals surface area contributed by atoms with E-state index in [9.17, 15) is 23.1 Å². The number of carbonyl (C=O) groups excluding carboxylic acids is 1. The van der Waals surface area contributed by atoms with Crippen LogP contribution in [0.4, 0.5) is 18.9 Å². The topological polar surface area (TPSA) is 103 Å². The van der Waals surface area contributed by atoms with Crippen LogP contribution >= 0.6 is 0 Å². The molecular formula is C22H22F3N5O4. The molecule has 0 saturated heterocycles. The Balaban J connectivity index is 1.75. The van der Waals surface area contributed by atoms with Crippen molar-refractivity contribution in [2.75, 3.05) is 18.6 Å². The number of rotatable bonds is 6. The molecule has 3 aromatic rings. The van der Waals surface area contributed by atoms with Crippen LogP contribution in [0.5, 0.6) is 11.6 Å². The van der Waals surface area contributed by atoms with Crippen molar-refractivity contribution in [1.29, 1.82) is 0 Å². The molecule has 4 heterocycles. The van der Waals surface area contributed by atoms with E-state index < -0.39 is 24.4 Å². The van der Waals surface area contributed by atoms with E-state index in [1.165, 1.54) is 20.2 Å². The fraction of sp³-hybridized carbons (Fsp3) is 0.364. The number of halogens is 3. The summed E-state index contributed by atoms with van der Waals surface area (Å²) in [7, 11) is 1.48. The van der Waals surface area contributed by atoms with Crippen LogP contribution in [0.15, 0.2) is 30.7 Å². The number of hydrogen-bond acceptors (Lipinski definition) is 7. The summed E-state index contributed by atoms with van der Waals surface area (Å²) >= 11 is 0. The highest BCUT2D eigenvalue weighted by atomic mass is 19.4. The van der Waals surface area contributed by atoms with Gasteiger partial charge in [-0.1, -0.05) is 0 Å². The largest absolute Gasteiger partial charge is 0.491 e. The number of ether oxygens (including phenoxy) is 2. The number of hydrogen-bond donors (Lipinski definition) is 1. The van der Waals surface area contributed by atoms with Crippen LogP contribution in [-0.2, 0) is 12.3 Å². The van der Waals surface area contributed by atoms with Gasteiger partial charge in [-0.2, -0.15) is 18.3 Å². The van der Waals surface area contributed by atoms with Gasteiger partial charge in [-0.05, 0) is 38.5 Å². The Morgan fingerprint density at radius 2 is 1.97 bits per heavy atom. The van der Waals surface area contributed by atoms with Crippen molar-refractivity contribution in [1.82, 2.24) is 19.7 Å². The SMILES string of the molecule is CCOc1ncc(-c2cc(C)c3c(n2)C(C)(O)N(c2cnn(CC(F)(F)F)c2)C3=O)cc1OC. The standard InChI is InChI=1S/C22H22F3N5O4/c1-5-34-19-16(33-4)7-13(8-26-19)15-6-12(2)17-18(28-15)21(3,32)30(20(17)31)14-9-27-29(10-14)11-22(23,24)25/h6-10,32H,5,11H2,1-4H3. The van der Waals surface area contributed by atoms with Gasteiger partial charge in [0.25, 0.3) is 11.8 Å². The van der Waals surface area contributed by atoms with Crippen LogP contribution in [0.2, 0.25) is 0 Å². The molecule has 0 bridgehead atoms. The highest BCUT2D eigenvalue weighted by Gasteiger charge is 2.49. The monoisotopic (exact) mass is 477 g/mol. The quantitative estimate of drug-likeness (QED) is 0.580. The van der Waals surface area contributed by atoms with Crippen molar-refractivity contribution in [3.63, 3.8) is 0 Å². The van der Waals surface area contributed by atoms with Crippen molar-refractivity contribution in [3.05, 3.63) is 47.5 Å². The summed E-state index contributed by atoms with van der Waals surface area (Å²) in [5.41, 5.74) is -0.154. The molecule has 3 aromatic heterocycles. The Morgan fingerprint density at radius 1 is 1.24 bits per heavy atom. The first kappa shape index (κ1) is 23.5. The predicted octanol–water partition coefficient (Wildman–Crippen LogP) is 3.44. The van der Waals surface area contributed by atoms with E-state index in [1.54, 1.807) is 19.1 Å². The molecular weight excluding hydrogens is 455 g/mol. The van der Waals surface area contributed by atoms with Crippen LogP contribution < -0.4 is 14.4 Å². The number of aliphatic hydroxyl groups is 1. The maximum absolute atomic E-state index is 13.2. The summed E-state index contributed by atoms with van der Waals surface area (Å²) in [6, 6.07) is 3.34. The molecule has 180 valence electrons. The lowest BCUT2D eigenvalue weighted by Gasteiger charge is -2.28. The van der Waals surface area contributed by atoms with Gasteiger partial charge in [-0.25, -0.2) is 9.97 Å². The van der Waals surface area contributed by atoms with Gasteiger partial charge < -0.3 is 14.6 Å². The second-order valence-electron chi connectivity index (χ2n) is 7.89. The number of methoxy groups -OCH3 is 1. The first-order valence-electron chi connectivity index (χ1n) is 10.3. The van der Waals surface area contributed by atoms with Gasteiger partial charge in [0.05, 0.1) is 36.9 Å². The van der Waals surface area contributed by atoms with E-state index in [2.05, 4.69) is 15.1 Å². The maximum atomic E-state index is 13.2. The molecule has 4 rings (SSSR count). The Morgan fingerprint density at radius 3 is 2.62 bits per heavy atom. The zero-order chi connectivity index (χ0) is 24.8. The van der Waals surface area contributed by atoms with Gasteiger partial charge in [0, 0.05) is 18.0 Å². The molecule has 34 heavy (non-hydrogen) atoms. The molecule has 0 spiro atoms. The lowest BCUT2D eigenvalue weighted by atomic mass is 10.0. The summed E-state index contributed by atoms with van der Waals surface area (Å²) in [6.45, 7) is 3.94. The number of carbonyl (C=O) groups is 1. The zero-order valence-electron chi connectivity index (χ0n) is 18.8. The molecule has 0 aromatic carbocycles. The van der Waals surface area contributed by atoms with E-state index in [0.717, 1.165) is 17.3 Å². The van der Waals surface area contributed by atoms with Crippen molar-refractivity contribution in [3.8, 4) is 22.9 Å². The molecule has 1 atom stereocenters. The van der Waals surface area contributed by atoms with Crippen LogP contribution in [0.25, 0.3) is 11.3 Å². The highest BCUT2D eigenvalue weighted by Crippen LogP contribution is 2.42. The van der Waals surface area contributed by atoms with E-state index in [-0.39, 0.29) is 16.9 Å². The minimum Gasteiger partial charge on any atom is -0.491 e. The highest BCUT2D eigenvalue weighted by molar-refractivity contribution is 6.12. The van der Waals surface area contributed by atoms with Crippen LogP contribution in [0.3, 0.4) is 0 Å². The minimum atomic E-state index is -4.48. The predicted molar refractivity (Wildman–Crippen MR) is 115 cm³/mol. The molecule has 0 aliphatic carbocycles. The average Bonchev–Trinajstić information content (AvgIpc) is 3.26. The minimum absolute atomic E-state index is 0.0163. The summed E-state index contributed by atoms with van der Waals surface area (Å²) < 4.78 is 49.6. The first-order chi connectivity index (χ1) is 16.0. The molecule has 1 N–H and O–H groups in total. The fourth-order valence-corrected chi connectivity index (χ4v) is 3.92. The van der Waals surface area contributed by atoms with Gasteiger partial charge >= 0.3 is 6.18 Å². The molecule has 1 unspecified atom stereocenters. The van der Waals surface area contributed by atoms with E-state index in [1.807, 2.05) is 6.92 Å². The number of aromatic nitrogens is 4. The van der Waals surface area contributed by atoms with Crippen LogP contribution in [0.1, 0.15) is 35.5 Å². The average molecular weight is 477 g/mol. The van der Waals surface area contributed by atoms with Crippen molar-refractivity contribution < 1.29 is 32.5 Å². The number of nitrogens with zero attached hydrogens (tertiary/aromatic N) is 5. The third-order valence-corrected chi connectivity index (χ3v) is 5.35. The summed E-state index contributed by atoms with van der Waals surface area (Å²) in [5.74, 6) is 0.113. The molecule has 0 fully saturated rings. The number of alkyl halides is 3. The fourth-order valence-electron chi connectivity index (χ4n) is 3.92. The van der Waals surface area contributed by atoms with Gasteiger partial charge in [-0.3, -0.25) is 14.4 Å². The molecule has 1 aliphatic heterocycles. The maximum Gasteiger partial charge on any atom is 0.408 e. The van der Waals surface area contributed by atoms with Gasteiger partial charge in [0.15, 0.2) is 11.5 Å². The van der Waals surface area contributed by atoms with Crippen molar-refractivity contribution in [2.45, 2.75) is 39.2 Å². The molecule has 1 aliphatic rings. The van der Waals surface area contributed by atoms with E-state index in [0.29, 0.717) is 39.7 Å². The van der Waals surface area contributed by atoms with E-state index in [4.69, 9.17) is 9.47 Å². The second kappa shape index (κ2) is 8.28. The summed E-state index contributed by atoms with van der Waals surface area (Å²) in [6.07, 6.45) is -0.791. The van der Waals surface area contributed by atoms with Crippen LogP contribution in [-0.4, -0.2) is 50.7 Å². The molecule has 1 amide bonds. The molecule has 0 saturated carbocycles.